The lowest BCUT2D eigenvalue weighted by atomic mass is 10.1. The number of hydrogen-bond acceptors (Lipinski definition) is 3. The molecule has 5 heteroatoms. The van der Waals surface area contributed by atoms with Crippen molar-refractivity contribution in [2.45, 2.75) is 6.61 Å². The average molecular weight is 264 g/mol. The number of carboxylic acids is 1. The second-order valence-corrected chi connectivity index (χ2v) is 4.02. The second-order valence-electron chi connectivity index (χ2n) is 3.58. The predicted octanol–water partition coefficient (Wildman–Crippen LogP) is 3.01. The number of carbonyl (C=O) groups is 1. The summed E-state index contributed by atoms with van der Waals surface area (Å²) in [7, 11) is 0. The Morgan fingerprint density at radius 3 is 2.67 bits per heavy atom. The zero-order chi connectivity index (χ0) is 13.0. The van der Waals surface area contributed by atoms with E-state index in [1.54, 1.807) is 30.3 Å². The lowest BCUT2D eigenvalue weighted by molar-refractivity contribution is 0.0693. The highest BCUT2D eigenvalue weighted by Gasteiger charge is 2.09. The number of halogens is 1. The zero-order valence-corrected chi connectivity index (χ0v) is 10.1. The quantitative estimate of drug-likeness (QED) is 0.921. The van der Waals surface area contributed by atoms with Crippen molar-refractivity contribution in [3.05, 3.63) is 58.9 Å². The number of benzene rings is 1. The standard InChI is InChI=1S/C13H10ClNO3/c14-10-1-3-11(4-2-10)18-8-9-5-6-15-7-12(9)13(16)17/h1-7H,8H2,(H,16,17). The Balaban J connectivity index is 2.10. The van der Waals surface area contributed by atoms with Gasteiger partial charge < -0.3 is 9.84 Å². The van der Waals surface area contributed by atoms with E-state index in [0.717, 1.165) is 0 Å². The molecule has 0 fully saturated rings. The van der Waals surface area contributed by atoms with Crippen molar-refractivity contribution >= 4 is 17.6 Å². The Morgan fingerprint density at radius 1 is 1.28 bits per heavy atom. The van der Waals surface area contributed by atoms with E-state index in [4.69, 9.17) is 21.4 Å². The van der Waals surface area contributed by atoms with Gasteiger partial charge in [0.15, 0.2) is 0 Å². The Morgan fingerprint density at radius 2 is 2.00 bits per heavy atom. The summed E-state index contributed by atoms with van der Waals surface area (Å²) in [6.45, 7) is 0.172. The van der Waals surface area contributed by atoms with Crippen molar-refractivity contribution < 1.29 is 14.6 Å². The van der Waals surface area contributed by atoms with E-state index in [2.05, 4.69) is 4.98 Å². The van der Waals surface area contributed by atoms with Crippen LogP contribution in [0.4, 0.5) is 0 Å². The number of rotatable bonds is 4. The van der Waals surface area contributed by atoms with Gasteiger partial charge in [-0.1, -0.05) is 11.6 Å². The maximum absolute atomic E-state index is 11.0. The molecule has 0 spiro atoms. The van der Waals surface area contributed by atoms with E-state index in [1.165, 1.54) is 12.4 Å². The highest BCUT2D eigenvalue weighted by atomic mass is 35.5. The number of ether oxygens (including phenoxy) is 1. The fraction of sp³-hybridized carbons (Fsp3) is 0.0769. The number of carboxylic acid groups (broad SMARTS) is 1. The highest BCUT2D eigenvalue weighted by Crippen LogP contribution is 2.17. The van der Waals surface area contributed by atoms with Gasteiger partial charge in [-0.15, -0.1) is 0 Å². The van der Waals surface area contributed by atoms with Crippen LogP contribution in [0.2, 0.25) is 5.02 Å². The van der Waals surface area contributed by atoms with Gasteiger partial charge in [-0.2, -0.15) is 0 Å². The maximum atomic E-state index is 11.0. The summed E-state index contributed by atoms with van der Waals surface area (Å²) in [6.07, 6.45) is 2.84. The van der Waals surface area contributed by atoms with Gasteiger partial charge in [-0.05, 0) is 30.3 Å². The van der Waals surface area contributed by atoms with Crippen molar-refractivity contribution in [3.63, 3.8) is 0 Å². The molecule has 2 rings (SSSR count). The van der Waals surface area contributed by atoms with Gasteiger partial charge in [-0.25, -0.2) is 4.79 Å². The third kappa shape index (κ3) is 2.99. The van der Waals surface area contributed by atoms with Crippen LogP contribution in [0, 0.1) is 0 Å². The van der Waals surface area contributed by atoms with E-state index in [-0.39, 0.29) is 12.2 Å². The van der Waals surface area contributed by atoms with E-state index >= 15 is 0 Å². The normalized spacial score (nSPS) is 10.1. The number of nitrogens with zero attached hydrogens (tertiary/aromatic N) is 1. The van der Waals surface area contributed by atoms with Gasteiger partial charge in [0.1, 0.15) is 12.4 Å². The molecule has 1 aromatic carbocycles. The SMILES string of the molecule is O=C(O)c1cnccc1COc1ccc(Cl)cc1. The van der Waals surface area contributed by atoms with E-state index < -0.39 is 5.97 Å². The first-order valence-electron chi connectivity index (χ1n) is 5.21. The second kappa shape index (κ2) is 5.51. The Bertz CT molecular complexity index is 554. The summed E-state index contributed by atoms with van der Waals surface area (Å²) in [5.74, 6) is -0.384. The average Bonchev–Trinajstić information content (AvgIpc) is 2.38. The van der Waals surface area contributed by atoms with E-state index in [1.807, 2.05) is 0 Å². The maximum Gasteiger partial charge on any atom is 0.337 e. The highest BCUT2D eigenvalue weighted by molar-refractivity contribution is 6.30. The minimum Gasteiger partial charge on any atom is -0.489 e. The molecule has 0 radical (unpaired) electrons. The molecule has 2 aromatic rings. The molecule has 0 aliphatic rings. The summed E-state index contributed by atoms with van der Waals surface area (Å²) in [6, 6.07) is 8.50. The number of aromatic nitrogens is 1. The summed E-state index contributed by atoms with van der Waals surface area (Å²) >= 11 is 5.75. The van der Waals surface area contributed by atoms with Crippen molar-refractivity contribution in [1.82, 2.24) is 4.98 Å². The van der Waals surface area contributed by atoms with E-state index in [0.29, 0.717) is 16.3 Å². The Kier molecular flexibility index (Phi) is 3.79. The van der Waals surface area contributed by atoms with Crippen molar-refractivity contribution in [1.29, 1.82) is 0 Å². The minimum absolute atomic E-state index is 0.145. The van der Waals surface area contributed by atoms with Crippen LogP contribution in [0.25, 0.3) is 0 Å². The Hall–Kier alpha value is -2.07. The van der Waals surface area contributed by atoms with Crippen LogP contribution in [0.3, 0.4) is 0 Å². The minimum atomic E-state index is -1.02. The van der Waals surface area contributed by atoms with Gasteiger partial charge in [0, 0.05) is 23.0 Å². The fourth-order valence-corrected chi connectivity index (χ4v) is 1.56. The van der Waals surface area contributed by atoms with E-state index in [9.17, 15) is 4.79 Å². The van der Waals surface area contributed by atoms with Crippen LogP contribution in [-0.4, -0.2) is 16.1 Å². The number of pyridine rings is 1. The van der Waals surface area contributed by atoms with Crippen molar-refractivity contribution in [2.24, 2.45) is 0 Å². The summed E-state index contributed by atoms with van der Waals surface area (Å²) < 4.78 is 5.49. The van der Waals surface area contributed by atoms with Gasteiger partial charge in [0.05, 0.1) is 5.56 Å². The molecule has 4 nitrogen and oxygen atoms in total. The molecular weight excluding hydrogens is 254 g/mol. The van der Waals surface area contributed by atoms with Crippen molar-refractivity contribution in [3.8, 4) is 5.75 Å². The molecule has 0 unspecified atom stereocenters. The predicted molar refractivity (Wildman–Crippen MR) is 67.0 cm³/mol. The summed E-state index contributed by atoms with van der Waals surface area (Å²) in [5.41, 5.74) is 0.721. The monoisotopic (exact) mass is 263 g/mol. The van der Waals surface area contributed by atoms with Gasteiger partial charge in [0.2, 0.25) is 0 Å². The molecule has 92 valence electrons. The Labute approximate surface area is 109 Å². The molecule has 0 atom stereocenters. The molecule has 0 aliphatic heterocycles. The fourth-order valence-electron chi connectivity index (χ4n) is 1.43. The first kappa shape index (κ1) is 12.4. The summed E-state index contributed by atoms with van der Waals surface area (Å²) in [4.78, 5) is 14.7. The first-order chi connectivity index (χ1) is 8.66. The van der Waals surface area contributed by atoms with Crippen LogP contribution in [0.5, 0.6) is 5.75 Å². The molecule has 0 aliphatic carbocycles. The molecule has 0 bridgehead atoms. The largest absolute Gasteiger partial charge is 0.489 e. The van der Waals surface area contributed by atoms with Gasteiger partial charge in [0.25, 0.3) is 0 Å². The molecule has 1 aromatic heterocycles. The van der Waals surface area contributed by atoms with Crippen molar-refractivity contribution in [2.75, 3.05) is 0 Å². The third-order valence-corrected chi connectivity index (χ3v) is 2.60. The molecule has 1 N–H and O–H groups in total. The lowest BCUT2D eigenvalue weighted by Gasteiger charge is -2.08. The molecule has 0 amide bonds. The molecule has 0 saturated heterocycles. The van der Waals surface area contributed by atoms with Crippen LogP contribution in [0.15, 0.2) is 42.7 Å². The van der Waals surface area contributed by atoms with Crippen LogP contribution < -0.4 is 4.74 Å². The lowest BCUT2D eigenvalue weighted by Crippen LogP contribution is -2.06. The molecule has 1 heterocycles. The zero-order valence-electron chi connectivity index (χ0n) is 9.34. The molecule has 18 heavy (non-hydrogen) atoms. The topological polar surface area (TPSA) is 59.4 Å². The van der Waals surface area contributed by atoms with Crippen LogP contribution in [0.1, 0.15) is 15.9 Å². The molecule has 0 saturated carbocycles. The van der Waals surface area contributed by atoms with Gasteiger partial charge >= 0.3 is 5.97 Å². The number of hydrogen-bond donors (Lipinski definition) is 1. The smallest absolute Gasteiger partial charge is 0.337 e. The molecular formula is C13H10ClNO3. The number of aromatic carboxylic acids is 1. The summed E-state index contributed by atoms with van der Waals surface area (Å²) in [5, 5.41) is 9.61. The van der Waals surface area contributed by atoms with Crippen LogP contribution >= 0.6 is 11.6 Å². The van der Waals surface area contributed by atoms with Gasteiger partial charge in [-0.3, -0.25) is 4.98 Å². The third-order valence-electron chi connectivity index (χ3n) is 2.35. The first-order valence-corrected chi connectivity index (χ1v) is 5.59. The van der Waals surface area contributed by atoms with Crippen LogP contribution in [-0.2, 0) is 6.61 Å².